The Morgan fingerprint density at radius 1 is 1.33 bits per heavy atom. The van der Waals surface area contributed by atoms with E-state index in [0.29, 0.717) is 5.28 Å². The molecule has 4 nitrogen and oxygen atoms in total. The van der Waals surface area contributed by atoms with Crippen LogP contribution < -0.4 is 5.32 Å². The summed E-state index contributed by atoms with van der Waals surface area (Å²) >= 11 is 7.48. The van der Waals surface area contributed by atoms with E-state index in [0.717, 1.165) is 35.5 Å². The number of aromatic nitrogens is 2. The van der Waals surface area contributed by atoms with E-state index >= 15 is 0 Å². The molecule has 2 rings (SSSR count). The number of hydrogen-bond donors (Lipinski definition) is 1. The molecule has 0 unspecified atom stereocenters. The zero-order chi connectivity index (χ0) is 13.0. The highest BCUT2D eigenvalue weighted by Crippen LogP contribution is 2.26. The number of hydrogen-bond acceptors (Lipinski definition) is 5. The van der Waals surface area contributed by atoms with Crippen LogP contribution in [0.25, 0.3) is 10.2 Å². The number of nitrogens with one attached hydrogen (secondary N) is 1. The lowest BCUT2D eigenvalue weighted by atomic mass is 10.3. The summed E-state index contributed by atoms with van der Waals surface area (Å²) < 4.78 is 0. The van der Waals surface area contributed by atoms with Gasteiger partial charge in [-0.2, -0.15) is 0 Å². The lowest BCUT2D eigenvalue weighted by Gasteiger charge is -2.10. The van der Waals surface area contributed by atoms with Gasteiger partial charge in [0.05, 0.1) is 5.39 Å². The predicted molar refractivity (Wildman–Crippen MR) is 78.7 cm³/mol. The standard InChI is InChI=1S/C12H17ClN4S/c1-17(2)7-4-3-6-14-10-9-5-8-18-11(9)16-12(13)15-10/h5,8H,3-4,6-7H2,1-2H3,(H,14,15,16). The molecule has 0 spiro atoms. The first kappa shape index (κ1) is 13.5. The number of nitrogens with zero attached hydrogens (tertiary/aromatic N) is 3. The molecule has 0 saturated carbocycles. The van der Waals surface area contributed by atoms with Gasteiger partial charge in [-0.3, -0.25) is 0 Å². The summed E-state index contributed by atoms with van der Waals surface area (Å²) in [6.07, 6.45) is 2.29. The monoisotopic (exact) mass is 284 g/mol. The number of fused-ring (bicyclic) bond motifs is 1. The molecule has 0 aliphatic rings. The summed E-state index contributed by atoms with van der Waals surface area (Å²) in [6, 6.07) is 2.03. The zero-order valence-electron chi connectivity index (χ0n) is 10.6. The van der Waals surface area contributed by atoms with Crippen molar-refractivity contribution in [2.24, 2.45) is 0 Å². The van der Waals surface area contributed by atoms with E-state index in [1.54, 1.807) is 11.3 Å². The molecule has 2 aromatic heterocycles. The number of rotatable bonds is 6. The quantitative estimate of drug-likeness (QED) is 0.654. The minimum Gasteiger partial charge on any atom is -0.369 e. The second-order valence-electron chi connectivity index (χ2n) is 4.42. The van der Waals surface area contributed by atoms with Gasteiger partial charge in [-0.15, -0.1) is 11.3 Å². The average Bonchev–Trinajstić information content (AvgIpc) is 2.75. The largest absolute Gasteiger partial charge is 0.369 e. The van der Waals surface area contributed by atoms with Crippen LogP contribution in [-0.4, -0.2) is 42.1 Å². The van der Waals surface area contributed by atoms with Crippen molar-refractivity contribution in [1.29, 1.82) is 0 Å². The van der Waals surface area contributed by atoms with Crippen LogP contribution in [-0.2, 0) is 0 Å². The Morgan fingerprint density at radius 3 is 2.94 bits per heavy atom. The van der Waals surface area contributed by atoms with Gasteiger partial charge in [-0.25, -0.2) is 9.97 Å². The van der Waals surface area contributed by atoms with Crippen LogP contribution in [0, 0.1) is 0 Å². The van der Waals surface area contributed by atoms with E-state index < -0.39 is 0 Å². The van der Waals surface area contributed by atoms with Crippen LogP contribution in [0.4, 0.5) is 5.82 Å². The fourth-order valence-corrected chi connectivity index (χ4v) is 2.71. The molecule has 0 aromatic carbocycles. The van der Waals surface area contributed by atoms with E-state index in [1.807, 2.05) is 11.4 Å². The topological polar surface area (TPSA) is 41.0 Å². The Hall–Kier alpha value is -0.910. The van der Waals surface area contributed by atoms with Crippen LogP contribution in [0.1, 0.15) is 12.8 Å². The Kier molecular flexibility index (Phi) is 4.74. The molecular formula is C12H17ClN4S. The first-order chi connectivity index (χ1) is 8.66. The second kappa shape index (κ2) is 6.31. The average molecular weight is 285 g/mol. The van der Waals surface area contributed by atoms with Gasteiger partial charge in [-0.05, 0) is 56.5 Å². The summed E-state index contributed by atoms with van der Waals surface area (Å²) in [5, 5.41) is 6.71. The van der Waals surface area contributed by atoms with Crippen molar-refractivity contribution < 1.29 is 0 Å². The smallest absolute Gasteiger partial charge is 0.225 e. The molecule has 2 aromatic rings. The van der Waals surface area contributed by atoms with Gasteiger partial charge in [0.2, 0.25) is 5.28 Å². The Bertz CT molecular complexity index is 512. The Labute approximate surface area is 116 Å². The maximum absolute atomic E-state index is 5.90. The van der Waals surface area contributed by atoms with Gasteiger partial charge in [0.15, 0.2) is 0 Å². The zero-order valence-corrected chi connectivity index (χ0v) is 12.2. The van der Waals surface area contributed by atoms with E-state index in [9.17, 15) is 0 Å². The van der Waals surface area contributed by atoms with Gasteiger partial charge in [-0.1, -0.05) is 0 Å². The maximum atomic E-state index is 5.90. The molecular weight excluding hydrogens is 268 g/mol. The molecule has 0 radical (unpaired) electrons. The molecule has 0 fully saturated rings. The highest BCUT2D eigenvalue weighted by Gasteiger charge is 2.06. The molecule has 2 heterocycles. The van der Waals surface area contributed by atoms with E-state index in [4.69, 9.17) is 11.6 Å². The van der Waals surface area contributed by atoms with Gasteiger partial charge in [0.1, 0.15) is 10.6 Å². The minimum atomic E-state index is 0.306. The highest BCUT2D eigenvalue weighted by atomic mass is 35.5. The molecule has 0 aliphatic heterocycles. The molecule has 18 heavy (non-hydrogen) atoms. The molecule has 6 heteroatoms. The first-order valence-corrected chi connectivity index (χ1v) is 7.22. The summed E-state index contributed by atoms with van der Waals surface area (Å²) in [4.78, 5) is 11.6. The fourth-order valence-electron chi connectivity index (χ4n) is 1.72. The van der Waals surface area contributed by atoms with Crippen molar-refractivity contribution in [2.45, 2.75) is 12.8 Å². The van der Waals surface area contributed by atoms with Crippen LogP contribution in [0.2, 0.25) is 5.28 Å². The van der Waals surface area contributed by atoms with Crippen molar-refractivity contribution in [3.63, 3.8) is 0 Å². The number of thiophene rings is 1. The molecule has 0 saturated heterocycles. The van der Waals surface area contributed by atoms with Crippen molar-refractivity contribution in [3.05, 3.63) is 16.7 Å². The number of anilines is 1. The summed E-state index contributed by atoms with van der Waals surface area (Å²) in [5.74, 6) is 0.844. The minimum absolute atomic E-state index is 0.306. The first-order valence-electron chi connectivity index (χ1n) is 5.96. The Balaban J connectivity index is 1.93. The van der Waals surface area contributed by atoms with Crippen LogP contribution in [0.3, 0.4) is 0 Å². The van der Waals surface area contributed by atoms with Crippen molar-refractivity contribution in [2.75, 3.05) is 32.5 Å². The van der Waals surface area contributed by atoms with Crippen molar-refractivity contribution >= 4 is 39.0 Å². The third-order valence-electron chi connectivity index (χ3n) is 2.62. The summed E-state index contributed by atoms with van der Waals surface area (Å²) in [7, 11) is 4.18. The third kappa shape index (κ3) is 3.54. The van der Waals surface area contributed by atoms with E-state index in [2.05, 4.69) is 34.3 Å². The van der Waals surface area contributed by atoms with Gasteiger partial charge in [0, 0.05) is 6.54 Å². The fraction of sp³-hybridized carbons (Fsp3) is 0.500. The Morgan fingerprint density at radius 2 is 2.17 bits per heavy atom. The van der Waals surface area contributed by atoms with E-state index in [-0.39, 0.29) is 0 Å². The van der Waals surface area contributed by atoms with Crippen molar-refractivity contribution in [3.8, 4) is 0 Å². The second-order valence-corrected chi connectivity index (χ2v) is 5.65. The van der Waals surface area contributed by atoms with Gasteiger partial charge < -0.3 is 10.2 Å². The van der Waals surface area contributed by atoms with Gasteiger partial charge in [0.25, 0.3) is 0 Å². The number of halogens is 1. The van der Waals surface area contributed by atoms with Gasteiger partial charge >= 0.3 is 0 Å². The van der Waals surface area contributed by atoms with Crippen LogP contribution in [0.5, 0.6) is 0 Å². The predicted octanol–water partition coefficient (Wildman–Crippen LogP) is 3.10. The lowest BCUT2D eigenvalue weighted by molar-refractivity contribution is 0.396. The van der Waals surface area contributed by atoms with Crippen LogP contribution in [0.15, 0.2) is 11.4 Å². The molecule has 0 atom stereocenters. The molecule has 98 valence electrons. The SMILES string of the molecule is CN(C)CCCCNc1nc(Cl)nc2sccc12. The summed E-state index contributed by atoms with van der Waals surface area (Å²) in [5.41, 5.74) is 0. The third-order valence-corrected chi connectivity index (χ3v) is 3.60. The molecule has 0 bridgehead atoms. The van der Waals surface area contributed by atoms with Crippen molar-refractivity contribution in [1.82, 2.24) is 14.9 Å². The molecule has 0 amide bonds. The molecule has 0 aliphatic carbocycles. The van der Waals surface area contributed by atoms with Crippen LogP contribution >= 0.6 is 22.9 Å². The normalized spacial score (nSPS) is 11.3. The summed E-state index contributed by atoms with van der Waals surface area (Å²) in [6.45, 7) is 2.02. The molecule has 1 N–H and O–H groups in total. The van der Waals surface area contributed by atoms with E-state index in [1.165, 1.54) is 6.42 Å². The number of unbranched alkanes of at least 4 members (excludes halogenated alkanes) is 1. The highest BCUT2D eigenvalue weighted by molar-refractivity contribution is 7.16. The maximum Gasteiger partial charge on any atom is 0.225 e. The lowest BCUT2D eigenvalue weighted by Crippen LogP contribution is -2.14.